The molecule has 0 saturated carbocycles. The molecule has 0 aliphatic rings. The summed E-state index contributed by atoms with van der Waals surface area (Å²) in [7, 11) is 0. The van der Waals surface area contributed by atoms with Gasteiger partial charge in [-0.1, -0.05) is 41.9 Å². The van der Waals surface area contributed by atoms with Crippen molar-refractivity contribution in [1.29, 1.82) is 0 Å². The summed E-state index contributed by atoms with van der Waals surface area (Å²) in [6.45, 7) is 0. The van der Waals surface area contributed by atoms with Crippen molar-refractivity contribution in [1.82, 2.24) is 4.98 Å². The molecule has 0 radical (unpaired) electrons. The minimum absolute atomic E-state index is 0.172. The van der Waals surface area contributed by atoms with Crippen LogP contribution in [0.4, 0.5) is 5.69 Å². The number of aromatic nitrogens is 1. The number of nitrogens with zero attached hydrogens (tertiary/aromatic N) is 2. The second-order valence-electron chi connectivity index (χ2n) is 5.88. The van der Waals surface area contributed by atoms with E-state index in [4.69, 9.17) is 11.6 Å². The molecule has 0 aliphatic heterocycles. The summed E-state index contributed by atoms with van der Waals surface area (Å²) in [4.78, 5) is 8.95. The largest absolute Gasteiger partial charge is 0.507 e. The van der Waals surface area contributed by atoms with Crippen LogP contribution < -0.4 is 0 Å². The van der Waals surface area contributed by atoms with Gasteiger partial charge in [-0.3, -0.25) is 4.99 Å². The predicted molar refractivity (Wildman–Crippen MR) is 115 cm³/mol. The summed E-state index contributed by atoms with van der Waals surface area (Å²) in [6, 6.07) is 20.9. The van der Waals surface area contributed by atoms with Crippen LogP contribution in [0.15, 0.2) is 77.8 Å². The monoisotopic (exact) mass is 390 g/mol. The van der Waals surface area contributed by atoms with E-state index in [0.29, 0.717) is 16.3 Å². The lowest BCUT2D eigenvalue weighted by atomic mass is 10.2. The van der Waals surface area contributed by atoms with Crippen LogP contribution in [0, 0.1) is 0 Å². The maximum Gasteiger partial charge on any atom is 0.128 e. The van der Waals surface area contributed by atoms with Crippen LogP contribution in [0.2, 0.25) is 5.02 Å². The Bertz CT molecular complexity index is 1110. The zero-order valence-corrected chi connectivity index (χ0v) is 15.8. The maximum atomic E-state index is 10.4. The standard InChI is InChI=1S/C22H15ClN2OS/c23-16-9-7-15(8-10-16)4-3-13-24-17-11-12-18(20(26)14-17)22-25-19-5-1-2-6-21(19)27-22/h1-14,26H. The number of hydrogen-bond donors (Lipinski definition) is 1. The maximum absolute atomic E-state index is 10.4. The Balaban J connectivity index is 1.52. The third-order valence-electron chi connectivity index (χ3n) is 3.97. The molecule has 5 heteroatoms. The Labute approximate surface area is 165 Å². The Hall–Kier alpha value is -2.95. The highest BCUT2D eigenvalue weighted by molar-refractivity contribution is 7.21. The molecule has 132 valence electrons. The number of halogens is 1. The number of aromatic hydroxyl groups is 1. The smallest absolute Gasteiger partial charge is 0.128 e. The minimum Gasteiger partial charge on any atom is -0.507 e. The van der Waals surface area contributed by atoms with E-state index in [9.17, 15) is 5.11 Å². The normalized spacial score (nSPS) is 11.7. The van der Waals surface area contributed by atoms with Gasteiger partial charge >= 0.3 is 0 Å². The molecule has 0 spiro atoms. The number of rotatable bonds is 4. The number of hydrogen-bond acceptors (Lipinski definition) is 4. The quantitative estimate of drug-likeness (QED) is 0.392. The molecule has 0 saturated heterocycles. The van der Waals surface area contributed by atoms with Crippen molar-refractivity contribution in [3.05, 3.63) is 83.4 Å². The van der Waals surface area contributed by atoms with Gasteiger partial charge in [0.15, 0.2) is 0 Å². The first kappa shape index (κ1) is 17.5. The fourth-order valence-corrected chi connectivity index (χ4v) is 3.75. The molecule has 0 unspecified atom stereocenters. The molecule has 27 heavy (non-hydrogen) atoms. The average molecular weight is 391 g/mol. The van der Waals surface area contributed by atoms with Gasteiger partial charge in [0, 0.05) is 17.3 Å². The van der Waals surface area contributed by atoms with E-state index in [0.717, 1.165) is 20.8 Å². The molecule has 0 amide bonds. The van der Waals surface area contributed by atoms with Crippen molar-refractivity contribution in [3.8, 4) is 16.3 Å². The number of aliphatic imine (C=N–C) groups is 1. The summed E-state index contributed by atoms with van der Waals surface area (Å²) < 4.78 is 1.10. The van der Waals surface area contributed by atoms with Crippen molar-refractivity contribution in [2.75, 3.05) is 0 Å². The van der Waals surface area contributed by atoms with Gasteiger partial charge in [0.05, 0.1) is 21.5 Å². The summed E-state index contributed by atoms with van der Waals surface area (Å²) in [6.07, 6.45) is 5.48. The molecule has 0 aliphatic carbocycles. The Kier molecular flexibility index (Phi) is 5.01. The summed E-state index contributed by atoms with van der Waals surface area (Å²) in [5.74, 6) is 0.172. The molecule has 0 fully saturated rings. The van der Waals surface area contributed by atoms with E-state index in [1.807, 2.05) is 72.8 Å². The minimum atomic E-state index is 0.172. The Morgan fingerprint density at radius 3 is 2.59 bits per heavy atom. The second-order valence-corrected chi connectivity index (χ2v) is 7.34. The van der Waals surface area contributed by atoms with Gasteiger partial charge in [-0.15, -0.1) is 11.3 Å². The fourth-order valence-electron chi connectivity index (χ4n) is 2.63. The van der Waals surface area contributed by atoms with Gasteiger partial charge < -0.3 is 5.11 Å². The molecule has 4 aromatic rings. The number of phenolic OH excluding ortho intramolecular Hbond substituents is 1. The Morgan fingerprint density at radius 2 is 1.81 bits per heavy atom. The zero-order valence-electron chi connectivity index (χ0n) is 14.2. The number of thiazole rings is 1. The van der Waals surface area contributed by atoms with E-state index < -0.39 is 0 Å². The zero-order chi connectivity index (χ0) is 18.6. The van der Waals surface area contributed by atoms with Gasteiger partial charge in [0.1, 0.15) is 10.8 Å². The molecular formula is C22H15ClN2OS. The lowest BCUT2D eigenvalue weighted by Crippen LogP contribution is -1.78. The number of fused-ring (bicyclic) bond motifs is 1. The van der Waals surface area contributed by atoms with E-state index >= 15 is 0 Å². The molecule has 1 aromatic heterocycles. The van der Waals surface area contributed by atoms with Crippen molar-refractivity contribution in [3.63, 3.8) is 0 Å². The first-order chi connectivity index (χ1) is 13.2. The molecule has 3 aromatic carbocycles. The van der Waals surface area contributed by atoms with E-state index in [1.54, 1.807) is 23.6 Å². The van der Waals surface area contributed by atoms with Crippen LogP contribution >= 0.6 is 22.9 Å². The first-order valence-corrected chi connectivity index (χ1v) is 9.54. The molecule has 0 atom stereocenters. The third kappa shape index (κ3) is 4.08. The van der Waals surface area contributed by atoms with Gasteiger partial charge in [0.2, 0.25) is 0 Å². The van der Waals surface area contributed by atoms with Gasteiger partial charge in [-0.25, -0.2) is 4.98 Å². The van der Waals surface area contributed by atoms with Crippen LogP contribution in [-0.2, 0) is 0 Å². The fraction of sp³-hybridized carbons (Fsp3) is 0. The highest BCUT2D eigenvalue weighted by atomic mass is 35.5. The third-order valence-corrected chi connectivity index (χ3v) is 5.30. The van der Waals surface area contributed by atoms with E-state index in [1.165, 1.54) is 0 Å². The molecule has 1 N–H and O–H groups in total. The summed E-state index contributed by atoms with van der Waals surface area (Å²) in [5.41, 5.74) is 3.37. The van der Waals surface area contributed by atoms with E-state index in [2.05, 4.69) is 9.98 Å². The van der Waals surface area contributed by atoms with Crippen molar-refractivity contribution in [2.45, 2.75) is 0 Å². The van der Waals surface area contributed by atoms with Crippen LogP contribution in [-0.4, -0.2) is 16.3 Å². The average Bonchev–Trinajstić information content (AvgIpc) is 3.10. The topological polar surface area (TPSA) is 45.5 Å². The van der Waals surface area contributed by atoms with Gasteiger partial charge in [0.25, 0.3) is 0 Å². The van der Waals surface area contributed by atoms with Crippen molar-refractivity contribution >= 4 is 51.1 Å². The highest BCUT2D eigenvalue weighted by Crippen LogP contribution is 2.36. The summed E-state index contributed by atoms with van der Waals surface area (Å²) in [5, 5.41) is 11.9. The molecular weight excluding hydrogens is 376 g/mol. The number of para-hydroxylation sites is 1. The highest BCUT2D eigenvalue weighted by Gasteiger charge is 2.10. The van der Waals surface area contributed by atoms with Crippen LogP contribution in [0.25, 0.3) is 26.9 Å². The van der Waals surface area contributed by atoms with Crippen molar-refractivity contribution < 1.29 is 5.11 Å². The lowest BCUT2D eigenvalue weighted by molar-refractivity contribution is 0.477. The van der Waals surface area contributed by atoms with Crippen LogP contribution in [0.5, 0.6) is 5.75 Å². The van der Waals surface area contributed by atoms with Crippen LogP contribution in [0.1, 0.15) is 5.56 Å². The van der Waals surface area contributed by atoms with E-state index in [-0.39, 0.29) is 5.75 Å². The SMILES string of the molecule is Oc1cc(N=CC=Cc2ccc(Cl)cc2)ccc1-c1nc2ccccc2s1. The number of phenols is 1. The molecule has 4 rings (SSSR count). The lowest BCUT2D eigenvalue weighted by Gasteiger charge is -2.01. The van der Waals surface area contributed by atoms with Crippen molar-refractivity contribution in [2.24, 2.45) is 4.99 Å². The van der Waals surface area contributed by atoms with Gasteiger partial charge in [-0.05, 0) is 48.0 Å². The predicted octanol–water partition coefficient (Wildman–Crippen LogP) is 6.74. The summed E-state index contributed by atoms with van der Waals surface area (Å²) >= 11 is 7.43. The molecule has 0 bridgehead atoms. The second kappa shape index (κ2) is 7.74. The molecule has 1 heterocycles. The number of benzene rings is 3. The number of allylic oxidation sites excluding steroid dienone is 1. The van der Waals surface area contributed by atoms with Gasteiger partial charge in [-0.2, -0.15) is 0 Å². The Morgan fingerprint density at radius 1 is 1.00 bits per heavy atom. The first-order valence-electron chi connectivity index (χ1n) is 8.34. The molecule has 3 nitrogen and oxygen atoms in total. The van der Waals surface area contributed by atoms with Crippen LogP contribution in [0.3, 0.4) is 0 Å².